The summed E-state index contributed by atoms with van der Waals surface area (Å²) < 4.78 is 0. The third-order valence-electron chi connectivity index (χ3n) is 2.70. The first-order valence-electron chi connectivity index (χ1n) is 4.59. The van der Waals surface area contributed by atoms with Crippen molar-refractivity contribution >= 4 is 6.03 Å². The van der Waals surface area contributed by atoms with E-state index in [9.17, 15) is 4.79 Å². The van der Waals surface area contributed by atoms with E-state index >= 15 is 0 Å². The van der Waals surface area contributed by atoms with Gasteiger partial charge < -0.3 is 15.5 Å². The fraction of sp³-hybridized carbons (Fsp3) is 0.875. The molecule has 4 nitrogen and oxygen atoms in total. The van der Waals surface area contributed by atoms with E-state index in [4.69, 9.17) is 0 Å². The maximum atomic E-state index is 11.4. The number of hydrogen-bond donors (Lipinski definition) is 2. The Morgan fingerprint density at radius 3 is 2.75 bits per heavy atom. The predicted molar refractivity (Wildman–Crippen MR) is 46.0 cm³/mol. The highest BCUT2D eigenvalue weighted by Crippen LogP contribution is 2.13. The van der Waals surface area contributed by atoms with Gasteiger partial charge in [-0.25, -0.2) is 4.79 Å². The van der Waals surface area contributed by atoms with Crippen LogP contribution in [-0.4, -0.2) is 42.6 Å². The van der Waals surface area contributed by atoms with E-state index < -0.39 is 0 Å². The summed E-state index contributed by atoms with van der Waals surface area (Å²) in [7, 11) is 0. The van der Waals surface area contributed by atoms with Crippen molar-refractivity contribution in [1.82, 2.24) is 15.5 Å². The smallest absolute Gasteiger partial charge is 0.318 e. The monoisotopic (exact) mass is 169 g/mol. The molecule has 0 aliphatic carbocycles. The molecule has 0 bridgehead atoms. The highest BCUT2D eigenvalue weighted by atomic mass is 16.2. The van der Waals surface area contributed by atoms with Crippen LogP contribution in [0.4, 0.5) is 4.79 Å². The number of nitrogens with one attached hydrogen (secondary N) is 2. The summed E-state index contributed by atoms with van der Waals surface area (Å²) in [5.41, 5.74) is 0. The van der Waals surface area contributed by atoms with E-state index in [1.165, 1.54) is 0 Å². The fourth-order valence-corrected chi connectivity index (χ4v) is 1.66. The van der Waals surface area contributed by atoms with Gasteiger partial charge in [0.1, 0.15) is 0 Å². The van der Waals surface area contributed by atoms with Gasteiger partial charge in [0.15, 0.2) is 0 Å². The summed E-state index contributed by atoms with van der Waals surface area (Å²) in [5, 5.41) is 6.13. The number of nitrogens with zero attached hydrogens (tertiary/aromatic N) is 1. The molecule has 12 heavy (non-hydrogen) atoms. The van der Waals surface area contributed by atoms with Crippen LogP contribution in [0.5, 0.6) is 0 Å². The van der Waals surface area contributed by atoms with Gasteiger partial charge in [0, 0.05) is 25.7 Å². The Balaban J connectivity index is 1.93. The number of rotatable bonds is 2. The molecule has 4 heteroatoms. The lowest BCUT2D eigenvalue weighted by molar-refractivity contribution is 0.172. The molecular weight excluding hydrogens is 154 g/mol. The Morgan fingerprint density at radius 2 is 2.33 bits per heavy atom. The second kappa shape index (κ2) is 2.94. The first kappa shape index (κ1) is 7.86. The fourth-order valence-electron chi connectivity index (χ4n) is 1.66. The Kier molecular flexibility index (Phi) is 1.92. The average Bonchev–Trinajstić information content (AvgIpc) is 2.29. The lowest BCUT2D eigenvalue weighted by Crippen LogP contribution is -2.57. The van der Waals surface area contributed by atoms with Crippen molar-refractivity contribution in [2.24, 2.45) is 0 Å². The standard InChI is InChI=1S/C8H15N3O/c1-2-6-5-11(8(12)10-6)7-3-9-4-7/h6-7,9H,2-5H2,1H3,(H,10,12). The highest BCUT2D eigenvalue weighted by Gasteiger charge is 2.35. The maximum Gasteiger partial charge on any atom is 0.318 e. The van der Waals surface area contributed by atoms with E-state index in [-0.39, 0.29) is 6.03 Å². The van der Waals surface area contributed by atoms with Crippen LogP contribution in [0.25, 0.3) is 0 Å². The van der Waals surface area contributed by atoms with E-state index in [2.05, 4.69) is 17.6 Å². The summed E-state index contributed by atoms with van der Waals surface area (Å²) in [6, 6.07) is 0.938. The van der Waals surface area contributed by atoms with Crippen LogP contribution in [0.2, 0.25) is 0 Å². The second-order valence-corrected chi connectivity index (χ2v) is 3.52. The molecule has 2 fully saturated rings. The largest absolute Gasteiger partial charge is 0.333 e. The van der Waals surface area contributed by atoms with Crippen molar-refractivity contribution in [1.29, 1.82) is 0 Å². The third kappa shape index (κ3) is 1.16. The zero-order valence-corrected chi connectivity index (χ0v) is 7.34. The van der Waals surface area contributed by atoms with Gasteiger partial charge in [-0.1, -0.05) is 6.92 Å². The van der Waals surface area contributed by atoms with Crippen LogP contribution in [0.3, 0.4) is 0 Å². The van der Waals surface area contributed by atoms with E-state index in [0.29, 0.717) is 12.1 Å². The van der Waals surface area contributed by atoms with Gasteiger partial charge >= 0.3 is 6.03 Å². The number of carbonyl (C=O) groups excluding carboxylic acids is 1. The van der Waals surface area contributed by atoms with Crippen molar-refractivity contribution in [3.8, 4) is 0 Å². The van der Waals surface area contributed by atoms with Crippen molar-refractivity contribution < 1.29 is 4.79 Å². The van der Waals surface area contributed by atoms with Crippen LogP contribution in [0.1, 0.15) is 13.3 Å². The van der Waals surface area contributed by atoms with Crippen LogP contribution in [0.15, 0.2) is 0 Å². The molecule has 0 aromatic carbocycles. The van der Waals surface area contributed by atoms with E-state index in [1.807, 2.05) is 4.90 Å². The zero-order chi connectivity index (χ0) is 8.55. The van der Waals surface area contributed by atoms with Gasteiger partial charge in [-0.2, -0.15) is 0 Å². The zero-order valence-electron chi connectivity index (χ0n) is 7.34. The molecule has 0 spiro atoms. The molecule has 0 aromatic heterocycles. The average molecular weight is 169 g/mol. The lowest BCUT2D eigenvalue weighted by Gasteiger charge is -2.34. The molecule has 2 rings (SSSR count). The SMILES string of the molecule is CCC1CN(C2CNC2)C(=O)N1. The first-order chi connectivity index (χ1) is 5.81. The van der Waals surface area contributed by atoms with E-state index in [0.717, 1.165) is 26.1 Å². The maximum absolute atomic E-state index is 11.4. The Labute approximate surface area is 72.3 Å². The molecule has 2 heterocycles. The van der Waals surface area contributed by atoms with E-state index in [1.54, 1.807) is 0 Å². The third-order valence-corrected chi connectivity index (χ3v) is 2.70. The first-order valence-corrected chi connectivity index (χ1v) is 4.59. The molecule has 1 unspecified atom stereocenters. The van der Waals surface area contributed by atoms with Gasteiger partial charge in [0.25, 0.3) is 0 Å². The van der Waals surface area contributed by atoms with Crippen molar-refractivity contribution in [3.63, 3.8) is 0 Å². The molecule has 1 atom stereocenters. The number of carbonyl (C=O) groups is 1. The number of hydrogen-bond acceptors (Lipinski definition) is 2. The minimum atomic E-state index is 0.119. The van der Waals surface area contributed by atoms with Gasteiger partial charge in [0.2, 0.25) is 0 Å². The van der Waals surface area contributed by atoms with Gasteiger partial charge in [0.05, 0.1) is 6.04 Å². The topological polar surface area (TPSA) is 44.4 Å². The van der Waals surface area contributed by atoms with Gasteiger partial charge in [-0.15, -0.1) is 0 Å². The normalized spacial score (nSPS) is 30.2. The summed E-state index contributed by atoms with van der Waals surface area (Å²) in [5.74, 6) is 0. The van der Waals surface area contributed by atoms with Crippen LogP contribution >= 0.6 is 0 Å². The predicted octanol–water partition coefficient (Wildman–Crippen LogP) is -0.238. The minimum absolute atomic E-state index is 0.119. The van der Waals surface area contributed by atoms with Crippen LogP contribution < -0.4 is 10.6 Å². The summed E-state index contributed by atoms with van der Waals surface area (Å²) in [6.07, 6.45) is 1.03. The lowest BCUT2D eigenvalue weighted by atomic mass is 10.1. The summed E-state index contributed by atoms with van der Waals surface area (Å²) >= 11 is 0. The van der Waals surface area contributed by atoms with Crippen molar-refractivity contribution in [2.75, 3.05) is 19.6 Å². The number of urea groups is 1. The van der Waals surface area contributed by atoms with Gasteiger partial charge in [-0.05, 0) is 6.42 Å². The summed E-state index contributed by atoms with van der Waals surface area (Å²) in [6.45, 7) is 4.92. The minimum Gasteiger partial charge on any atom is -0.333 e. The molecule has 2 amide bonds. The Bertz CT molecular complexity index is 191. The van der Waals surface area contributed by atoms with Crippen molar-refractivity contribution in [2.45, 2.75) is 25.4 Å². The Hall–Kier alpha value is -0.770. The van der Waals surface area contributed by atoms with Gasteiger partial charge in [-0.3, -0.25) is 0 Å². The molecule has 0 aromatic rings. The molecule has 2 saturated heterocycles. The molecule has 0 saturated carbocycles. The van der Waals surface area contributed by atoms with Crippen LogP contribution in [0, 0.1) is 0 Å². The highest BCUT2D eigenvalue weighted by molar-refractivity contribution is 5.77. The molecule has 0 radical (unpaired) electrons. The molecule has 68 valence electrons. The molecule has 2 N–H and O–H groups in total. The Morgan fingerprint density at radius 1 is 1.58 bits per heavy atom. The number of amides is 2. The van der Waals surface area contributed by atoms with Crippen LogP contribution in [-0.2, 0) is 0 Å². The van der Waals surface area contributed by atoms with Crippen molar-refractivity contribution in [3.05, 3.63) is 0 Å². The molecule has 2 aliphatic rings. The quantitative estimate of drug-likeness (QED) is 0.599. The molecule has 2 aliphatic heterocycles. The second-order valence-electron chi connectivity index (χ2n) is 3.52. The summed E-state index contributed by atoms with van der Waals surface area (Å²) in [4.78, 5) is 13.3. The molecular formula is C8H15N3O.